The second-order valence-electron chi connectivity index (χ2n) is 10.7. The summed E-state index contributed by atoms with van der Waals surface area (Å²) >= 11 is 5.86. The number of aliphatic hydroxyl groups excluding tert-OH is 3. The maximum absolute atomic E-state index is 12.4. The van der Waals surface area contributed by atoms with Crippen molar-refractivity contribution >= 4 is 34.9 Å². The number of hydrogen-bond acceptors (Lipinski definition) is 12. The number of benzene rings is 1. The minimum Gasteiger partial charge on any atom is -0.477 e. The van der Waals surface area contributed by atoms with E-state index in [0.717, 1.165) is 12.8 Å². The Kier molecular flexibility index (Phi) is 13.3. The normalized spacial score (nSPS) is 22.8. The highest BCUT2D eigenvalue weighted by Crippen LogP contribution is 2.35. The molecule has 15 heteroatoms. The van der Waals surface area contributed by atoms with Gasteiger partial charge in [0.2, 0.25) is 5.91 Å². The van der Waals surface area contributed by atoms with E-state index in [2.05, 4.69) is 16.6 Å². The average Bonchev–Trinajstić information content (AvgIpc) is 3.02. The summed E-state index contributed by atoms with van der Waals surface area (Å²) in [7, 11) is 0. The van der Waals surface area contributed by atoms with Gasteiger partial charge in [-0.3, -0.25) is 14.4 Å². The Hall–Kier alpha value is -3.55. The molecule has 0 bridgehead atoms. The fourth-order valence-corrected chi connectivity index (χ4v) is 5.00. The SMILES string of the molecule is C#CCOCCCCCCO[C@]1(C(=O)O)C[C@H](O)[C@@H](Nc2c(N)c(=O)c2=O)[C@H]([C@H](O)[C@H](O)CNC(=O)Cc2ccc(Cl)cc2)O1. The quantitative estimate of drug-likeness (QED) is 0.0616. The molecular formula is C30H38ClN3O11. The van der Waals surface area contributed by atoms with Crippen LogP contribution in [0.4, 0.5) is 11.4 Å². The number of nitrogen functional groups attached to an aromatic ring is 1. The van der Waals surface area contributed by atoms with Gasteiger partial charge in [-0.2, -0.15) is 0 Å². The van der Waals surface area contributed by atoms with Crippen LogP contribution >= 0.6 is 11.6 Å². The van der Waals surface area contributed by atoms with Gasteiger partial charge in [0.05, 0.1) is 31.3 Å². The van der Waals surface area contributed by atoms with Crippen LogP contribution in [0.2, 0.25) is 5.02 Å². The summed E-state index contributed by atoms with van der Waals surface area (Å²) < 4.78 is 16.6. The van der Waals surface area contributed by atoms with Gasteiger partial charge >= 0.3 is 5.97 Å². The summed E-state index contributed by atoms with van der Waals surface area (Å²) in [5.41, 5.74) is 3.58. The van der Waals surface area contributed by atoms with Crippen LogP contribution in [-0.2, 0) is 30.2 Å². The molecule has 3 rings (SSSR count). The van der Waals surface area contributed by atoms with Gasteiger partial charge in [-0.15, -0.1) is 6.42 Å². The lowest BCUT2D eigenvalue weighted by Crippen LogP contribution is -2.66. The van der Waals surface area contributed by atoms with Crippen LogP contribution in [0.25, 0.3) is 0 Å². The number of aliphatic hydroxyl groups is 3. The third kappa shape index (κ3) is 9.47. The zero-order valence-electron chi connectivity index (χ0n) is 24.4. The van der Waals surface area contributed by atoms with Crippen molar-refractivity contribution in [3.63, 3.8) is 0 Å². The van der Waals surface area contributed by atoms with E-state index < -0.39 is 77.6 Å². The summed E-state index contributed by atoms with van der Waals surface area (Å²) in [5.74, 6) is -2.16. The van der Waals surface area contributed by atoms with Crippen molar-refractivity contribution in [3.05, 3.63) is 55.3 Å². The van der Waals surface area contributed by atoms with E-state index in [-0.39, 0.29) is 25.3 Å². The van der Waals surface area contributed by atoms with Gasteiger partial charge in [0.15, 0.2) is 0 Å². The largest absolute Gasteiger partial charge is 0.477 e. The topological polar surface area (TPSA) is 227 Å². The van der Waals surface area contributed by atoms with Crippen LogP contribution in [0.15, 0.2) is 33.9 Å². The number of nitrogens with one attached hydrogen (secondary N) is 2. The fourth-order valence-electron chi connectivity index (χ4n) is 4.87. The summed E-state index contributed by atoms with van der Waals surface area (Å²) in [4.78, 5) is 48.6. The number of carbonyl (C=O) groups is 2. The number of ether oxygens (including phenoxy) is 3. The molecule has 1 amide bonds. The Morgan fingerprint density at radius 3 is 2.42 bits per heavy atom. The molecule has 0 saturated carbocycles. The first-order valence-corrected chi connectivity index (χ1v) is 14.7. The highest BCUT2D eigenvalue weighted by molar-refractivity contribution is 6.30. The Morgan fingerprint density at radius 1 is 1.13 bits per heavy atom. The highest BCUT2D eigenvalue weighted by Gasteiger charge is 2.55. The lowest BCUT2D eigenvalue weighted by atomic mass is 9.88. The molecule has 1 fully saturated rings. The van der Waals surface area contributed by atoms with Crippen LogP contribution in [0.1, 0.15) is 37.7 Å². The molecule has 0 radical (unpaired) electrons. The summed E-state index contributed by atoms with van der Waals surface area (Å²) in [6.07, 6.45) is 0.0197. The Balaban J connectivity index is 1.70. The second-order valence-corrected chi connectivity index (χ2v) is 11.2. The lowest BCUT2D eigenvalue weighted by molar-refractivity contribution is -0.307. The third-order valence-corrected chi connectivity index (χ3v) is 7.63. The standard InChI is InChI=1S/C30H38ClN3O11/c1-2-11-43-12-5-3-4-6-13-44-30(29(41)42)15-19(35)23(34-24-22(32)26(39)27(24)40)28(45-30)25(38)20(36)16-33-21(37)14-17-7-9-18(31)10-8-17/h1,7-10,19-20,23,25,28,34-36,38H,3-6,11-16,32H2,(H,33,37)(H,41,42)/t19-,20+,23+,25+,28+,30+/m0/s1. The molecule has 2 aromatic carbocycles. The predicted molar refractivity (Wildman–Crippen MR) is 163 cm³/mol. The van der Waals surface area contributed by atoms with Crippen molar-refractivity contribution in [3.8, 4) is 12.3 Å². The molecule has 6 atom stereocenters. The zero-order valence-corrected chi connectivity index (χ0v) is 25.2. The molecule has 0 aliphatic carbocycles. The van der Waals surface area contributed by atoms with E-state index in [1.54, 1.807) is 24.3 Å². The Morgan fingerprint density at radius 2 is 1.80 bits per heavy atom. The maximum Gasteiger partial charge on any atom is 0.364 e. The first-order chi connectivity index (χ1) is 21.4. The minimum absolute atomic E-state index is 0.0553. The molecule has 2 aromatic rings. The van der Waals surface area contributed by atoms with Crippen molar-refractivity contribution < 1.29 is 44.2 Å². The summed E-state index contributed by atoms with van der Waals surface area (Å²) in [6, 6.07) is 5.10. The number of carboxylic acid groups (broad SMARTS) is 1. The van der Waals surface area contributed by atoms with Crippen molar-refractivity contribution in [1.29, 1.82) is 0 Å². The van der Waals surface area contributed by atoms with E-state index in [4.69, 9.17) is 38.0 Å². The van der Waals surface area contributed by atoms with E-state index in [0.29, 0.717) is 30.0 Å². The van der Waals surface area contributed by atoms with Crippen LogP contribution < -0.4 is 27.2 Å². The van der Waals surface area contributed by atoms with Crippen LogP contribution in [0.3, 0.4) is 0 Å². The molecule has 1 aliphatic heterocycles. The lowest BCUT2D eigenvalue weighted by Gasteiger charge is -2.47. The Bertz CT molecular complexity index is 1410. The number of terminal acetylenes is 1. The number of carbonyl (C=O) groups excluding carboxylic acids is 1. The molecule has 8 N–H and O–H groups in total. The van der Waals surface area contributed by atoms with Crippen LogP contribution in [0, 0.1) is 12.3 Å². The minimum atomic E-state index is -2.43. The smallest absolute Gasteiger partial charge is 0.364 e. The van der Waals surface area contributed by atoms with Gasteiger partial charge in [-0.25, -0.2) is 4.79 Å². The van der Waals surface area contributed by atoms with Gasteiger partial charge in [-0.1, -0.05) is 42.5 Å². The first-order valence-electron chi connectivity index (χ1n) is 14.4. The van der Waals surface area contributed by atoms with E-state index in [1.807, 2.05) is 0 Å². The number of anilines is 2. The van der Waals surface area contributed by atoms with Gasteiger partial charge in [0.25, 0.3) is 16.6 Å². The molecule has 0 unspecified atom stereocenters. The fraction of sp³-hybridized carbons (Fsp3) is 0.533. The number of aliphatic carboxylic acids is 1. The molecule has 1 aliphatic rings. The van der Waals surface area contributed by atoms with Gasteiger partial charge < -0.3 is 51.0 Å². The molecular weight excluding hydrogens is 614 g/mol. The molecule has 246 valence electrons. The van der Waals surface area contributed by atoms with Crippen LogP contribution in [0.5, 0.6) is 0 Å². The molecule has 1 saturated heterocycles. The number of carboxylic acids is 1. The molecule has 1 heterocycles. The van der Waals surface area contributed by atoms with Crippen molar-refractivity contribution in [2.45, 2.75) is 74.8 Å². The number of rotatable bonds is 18. The third-order valence-electron chi connectivity index (χ3n) is 7.38. The van der Waals surface area contributed by atoms with Crippen LogP contribution in [-0.4, -0.2) is 94.9 Å². The molecule has 14 nitrogen and oxygen atoms in total. The predicted octanol–water partition coefficient (Wildman–Crippen LogP) is -0.463. The Labute approximate surface area is 264 Å². The van der Waals surface area contributed by atoms with Gasteiger partial charge in [-0.05, 0) is 30.5 Å². The van der Waals surface area contributed by atoms with Crippen molar-refractivity contribution in [1.82, 2.24) is 5.32 Å². The number of hydrogen-bond donors (Lipinski definition) is 7. The van der Waals surface area contributed by atoms with Gasteiger partial charge in [0.1, 0.15) is 30.2 Å². The maximum atomic E-state index is 12.4. The highest BCUT2D eigenvalue weighted by atomic mass is 35.5. The summed E-state index contributed by atoms with van der Waals surface area (Å²) in [5, 5.41) is 48.6. The zero-order chi connectivity index (χ0) is 33.1. The molecule has 45 heavy (non-hydrogen) atoms. The number of amides is 1. The average molecular weight is 652 g/mol. The van der Waals surface area contributed by atoms with E-state index >= 15 is 0 Å². The number of nitrogens with two attached hydrogens (primary N) is 1. The molecule has 0 aromatic heterocycles. The first kappa shape index (κ1) is 35.9. The van der Waals surface area contributed by atoms with E-state index in [9.17, 15) is 39.6 Å². The summed E-state index contributed by atoms with van der Waals surface area (Å²) in [6.45, 7) is 0.127. The van der Waals surface area contributed by atoms with Crippen molar-refractivity contribution in [2.75, 3.05) is 37.4 Å². The number of unbranched alkanes of at least 4 members (excludes halogenated alkanes) is 3. The van der Waals surface area contributed by atoms with Crippen molar-refractivity contribution in [2.24, 2.45) is 0 Å². The van der Waals surface area contributed by atoms with Gasteiger partial charge in [0, 0.05) is 24.6 Å². The monoisotopic (exact) mass is 651 g/mol. The molecule has 0 spiro atoms. The number of halogens is 1. The second kappa shape index (κ2) is 16.7. The van der Waals surface area contributed by atoms with E-state index in [1.165, 1.54) is 0 Å².